The molecule has 1 heterocycles. The molecule has 0 unspecified atom stereocenters. The molecule has 9 heteroatoms. The minimum absolute atomic E-state index is 0.112. The van der Waals surface area contributed by atoms with Gasteiger partial charge in [0.15, 0.2) is 11.6 Å². The van der Waals surface area contributed by atoms with Crippen LogP contribution < -0.4 is 21.6 Å². The molecule has 5 N–H and O–H groups in total. The van der Waals surface area contributed by atoms with Crippen LogP contribution in [0.25, 0.3) is 5.70 Å². The number of halogens is 1. The number of carbonyl (C=O) groups is 1. The van der Waals surface area contributed by atoms with Crippen LogP contribution >= 0.6 is 0 Å². The molecule has 1 aromatic carbocycles. The lowest BCUT2D eigenvalue weighted by molar-refractivity contribution is 0.0945. The molecule has 1 aliphatic carbocycles. The van der Waals surface area contributed by atoms with Gasteiger partial charge in [-0.05, 0) is 30.7 Å². The molecule has 2 aromatic rings. The van der Waals surface area contributed by atoms with Gasteiger partial charge in [-0.25, -0.2) is 20.2 Å². The minimum atomic E-state index is -0.467. The van der Waals surface area contributed by atoms with Crippen LogP contribution in [0, 0.1) is 12.7 Å². The van der Waals surface area contributed by atoms with Crippen molar-refractivity contribution in [2.45, 2.75) is 45.6 Å². The van der Waals surface area contributed by atoms with Crippen molar-refractivity contribution < 1.29 is 13.9 Å². The molecule has 168 valence electrons. The number of nitrogens with zero attached hydrogens (tertiary/aromatic N) is 3. The number of amides is 1. The van der Waals surface area contributed by atoms with Gasteiger partial charge in [0, 0.05) is 19.8 Å². The lowest BCUT2D eigenvalue weighted by Crippen LogP contribution is -2.25. The first-order chi connectivity index (χ1) is 14.8. The van der Waals surface area contributed by atoms with Crippen molar-refractivity contribution in [3.63, 3.8) is 0 Å². The van der Waals surface area contributed by atoms with Crippen molar-refractivity contribution in [1.82, 2.24) is 20.3 Å². The second-order valence-electron chi connectivity index (χ2n) is 7.35. The molecule has 1 aromatic heterocycles. The highest BCUT2D eigenvalue weighted by atomic mass is 19.1. The number of hydrogen-bond acceptors (Lipinski definition) is 7. The zero-order valence-electron chi connectivity index (χ0n) is 18.3. The van der Waals surface area contributed by atoms with Gasteiger partial charge in [0.1, 0.15) is 11.5 Å². The monoisotopic (exact) mass is 430 g/mol. The first-order valence-corrected chi connectivity index (χ1v) is 10.2. The van der Waals surface area contributed by atoms with Crippen molar-refractivity contribution >= 4 is 11.6 Å². The van der Waals surface area contributed by atoms with Crippen LogP contribution in [0.2, 0.25) is 0 Å². The van der Waals surface area contributed by atoms with E-state index in [1.165, 1.54) is 68.6 Å². The Morgan fingerprint density at radius 2 is 1.81 bits per heavy atom. The highest BCUT2D eigenvalue weighted by Crippen LogP contribution is 2.18. The van der Waals surface area contributed by atoms with E-state index < -0.39 is 11.7 Å². The zero-order chi connectivity index (χ0) is 22.8. The third-order valence-electron chi connectivity index (χ3n) is 4.63. The average Bonchev–Trinajstić information content (AvgIpc) is 3.32. The summed E-state index contributed by atoms with van der Waals surface area (Å²) in [6.45, 7) is 1.84. The van der Waals surface area contributed by atoms with Crippen LogP contribution in [0.1, 0.15) is 59.7 Å². The van der Waals surface area contributed by atoms with Crippen molar-refractivity contribution in [1.29, 1.82) is 0 Å². The molecule has 0 atom stereocenters. The first-order valence-electron chi connectivity index (χ1n) is 10.2. The van der Waals surface area contributed by atoms with Crippen molar-refractivity contribution in [3.05, 3.63) is 59.1 Å². The summed E-state index contributed by atoms with van der Waals surface area (Å²) < 4.78 is 18.4. The molecule has 0 spiro atoms. The van der Waals surface area contributed by atoms with Crippen LogP contribution in [0.3, 0.4) is 0 Å². The van der Waals surface area contributed by atoms with E-state index in [0.29, 0.717) is 22.8 Å². The van der Waals surface area contributed by atoms with E-state index >= 15 is 0 Å². The van der Waals surface area contributed by atoms with Gasteiger partial charge in [-0.15, -0.1) is 0 Å². The largest absolute Gasteiger partial charge is 0.494 e. The Kier molecular flexibility index (Phi) is 9.20. The molecule has 31 heavy (non-hydrogen) atoms. The van der Waals surface area contributed by atoms with E-state index in [0.717, 1.165) is 0 Å². The highest BCUT2D eigenvalue weighted by Gasteiger charge is 2.12. The summed E-state index contributed by atoms with van der Waals surface area (Å²) >= 11 is 0. The Labute approximate surface area is 182 Å². The van der Waals surface area contributed by atoms with Crippen LogP contribution in [-0.2, 0) is 6.54 Å². The number of nitrogens with two attached hydrogens (primary N) is 2. The topological polar surface area (TPSA) is 119 Å². The van der Waals surface area contributed by atoms with Crippen molar-refractivity contribution in [2.24, 2.45) is 11.6 Å². The molecule has 1 amide bonds. The fraction of sp³-hybridized carbons (Fsp3) is 0.409. The summed E-state index contributed by atoms with van der Waals surface area (Å²) in [6.07, 6.45) is 8.98. The maximum absolute atomic E-state index is 13.4. The fourth-order valence-corrected chi connectivity index (χ4v) is 3.09. The molecular weight excluding hydrogens is 399 g/mol. The number of methoxy groups -OCH3 is 1. The molecule has 0 bridgehead atoms. The number of ether oxygens (including phenoxy) is 1. The van der Waals surface area contributed by atoms with E-state index in [1.54, 1.807) is 20.0 Å². The standard InChI is InChI=1S/C17H21FN6O2.C5H10/c1-10-22-14(13(19)9-24(2)20)7-15(23-10)17(25)21-8-11-4-5-12(18)16(6-11)26-3;1-2-4-5-3-1/h4-7,9H,8,19-20H2,1-3H3,(H,21,25);1-5H2/b13-9-;. The fourth-order valence-electron chi connectivity index (χ4n) is 3.09. The van der Waals surface area contributed by atoms with E-state index in [-0.39, 0.29) is 18.0 Å². The van der Waals surface area contributed by atoms with E-state index in [4.69, 9.17) is 16.3 Å². The molecule has 0 aliphatic heterocycles. The number of carbonyl (C=O) groups excluding carboxylic acids is 1. The maximum atomic E-state index is 13.4. The van der Waals surface area contributed by atoms with Gasteiger partial charge < -0.3 is 20.8 Å². The quantitative estimate of drug-likeness (QED) is 0.476. The van der Waals surface area contributed by atoms with Gasteiger partial charge in [-0.3, -0.25) is 4.79 Å². The summed E-state index contributed by atoms with van der Waals surface area (Å²) in [6, 6.07) is 5.83. The summed E-state index contributed by atoms with van der Waals surface area (Å²) in [5.74, 6) is 5.16. The number of nitrogens with one attached hydrogen (secondary N) is 1. The van der Waals surface area contributed by atoms with Crippen LogP contribution in [0.15, 0.2) is 30.5 Å². The van der Waals surface area contributed by atoms with Gasteiger partial charge in [0.25, 0.3) is 5.91 Å². The lowest BCUT2D eigenvalue weighted by atomic mass is 10.2. The molecule has 1 fully saturated rings. The first kappa shape index (κ1) is 24.1. The molecule has 0 radical (unpaired) electrons. The Morgan fingerprint density at radius 1 is 1.19 bits per heavy atom. The van der Waals surface area contributed by atoms with Gasteiger partial charge in [0.2, 0.25) is 0 Å². The Hall–Kier alpha value is -3.20. The number of hydrazine groups is 1. The minimum Gasteiger partial charge on any atom is -0.494 e. The van der Waals surface area contributed by atoms with Gasteiger partial charge in [-0.2, -0.15) is 0 Å². The predicted molar refractivity (Wildman–Crippen MR) is 118 cm³/mol. The van der Waals surface area contributed by atoms with E-state index in [1.807, 2.05) is 0 Å². The van der Waals surface area contributed by atoms with E-state index in [9.17, 15) is 9.18 Å². The summed E-state index contributed by atoms with van der Waals surface area (Å²) in [5.41, 5.74) is 7.46. The molecule has 0 saturated heterocycles. The third-order valence-corrected chi connectivity index (χ3v) is 4.63. The number of hydrogen-bond donors (Lipinski definition) is 3. The van der Waals surface area contributed by atoms with Crippen LogP contribution in [0.5, 0.6) is 5.75 Å². The average molecular weight is 431 g/mol. The zero-order valence-corrected chi connectivity index (χ0v) is 18.3. The van der Waals surface area contributed by atoms with Crippen LogP contribution in [0.4, 0.5) is 4.39 Å². The molecule has 8 nitrogen and oxygen atoms in total. The second-order valence-corrected chi connectivity index (χ2v) is 7.35. The number of aryl methyl sites for hydroxylation is 1. The number of benzene rings is 1. The normalized spacial score (nSPS) is 13.3. The summed E-state index contributed by atoms with van der Waals surface area (Å²) in [4.78, 5) is 20.7. The summed E-state index contributed by atoms with van der Waals surface area (Å²) in [5, 5.41) is 4.00. The van der Waals surface area contributed by atoms with Gasteiger partial charge in [-0.1, -0.05) is 38.2 Å². The second kappa shape index (κ2) is 11.8. The van der Waals surface area contributed by atoms with E-state index in [2.05, 4.69) is 15.3 Å². The number of aromatic nitrogens is 2. The van der Waals surface area contributed by atoms with Crippen molar-refractivity contribution in [3.8, 4) is 5.75 Å². The molecular formula is C22H31FN6O2. The Bertz CT molecular complexity index is 905. The molecule has 3 rings (SSSR count). The predicted octanol–water partition coefficient (Wildman–Crippen LogP) is 2.88. The SMILES string of the molecule is C1CCCC1.COc1cc(CNC(=O)c2cc(/C(N)=C/N(C)N)nc(C)n2)ccc1F. The third kappa shape index (κ3) is 7.86. The maximum Gasteiger partial charge on any atom is 0.270 e. The number of rotatable bonds is 6. The highest BCUT2D eigenvalue weighted by molar-refractivity contribution is 5.92. The van der Waals surface area contributed by atoms with Crippen molar-refractivity contribution in [2.75, 3.05) is 14.2 Å². The van der Waals surface area contributed by atoms with Gasteiger partial charge >= 0.3 is 0 Å². The molecule has 1 saturated carbocycles. The van der Waals surface area contributed by atoms with Gasteiger partial charge in [0.05, 0.1) is 18.5 Å². The smallest absolute Gasteiger partial charge is 0.270 e. The Balaban J connectivity index is 0.000000597. The van der Waals surface area contributed by atoms with Crippen LogP contribution in [-0.4, -0.2) is 35.0 Å². The Morgan fingerprint density at radius 3 is 2.39 bits per heavy atom. The molecule has 1 aliphatic rings. The lowest BCUT2D eigenvalue weighted by Gasteiger charge is -2.10. The summed E-state index contributed by atoms with van der Waals surface area (Å²) in [7, 11) is 2.99.